The van der Waals surface area contributed by atoms with Crippen LogP contribution in [0, 0.1) is 0 Å². The average Bonchev–Trinajstić information content (AvgIpc) is 2.37. The molecule has 0 aliphatic heterocycles. The third kappa shape index (κ3) is 4.02. The molecule has 0 fully saturated rings. The number of carbonyl (C=O) groups is 2. The Labute approximate surface area is 111 Å². The minimum Gasteiger partial charge on any atom is -0.493 e. The second-order valence-electron chi connectivity index (χ2n) is 3.72. The minimum atomic E-state index is -0.718. The maximum absolute atomic E-state index is 11.2. The fourth-order valence-corrected chi connectivity index (χ4v) is 1.47. The number of rotatable bonds is 5. The number of hydrogen-bond acceptors (Lipinski definition) is 4. The zero-order chi connectivity index (χ0) is 14.4. The quantitative estimate of drug-likeness (QED) is 0.764. The summed E-state index contributed by atoms with van der Waals surface area (Å²) in [6.45, 7) is 1.30. The lowest BCUT2D eigenvalue weighted by atomic mass is 10.1. The summed E-state index contributed by atoms with van der Waals surface area (Å²) in [6.07, 6.45) is 1.46. The van der Waals surface area contributed by atoms with E-state index in [1.54, 1.807) is 18.2 Å². The molecule has 19 heavy (non-hydrogen) atoms. The molecule has 3 N–H and O–H groups in total. The summed E-state index contributed by atoms with van der Waals surface area (Å²) in [5.74, 6) is -0.00166. The monoisotopic (exact) mass is 264 g/mol. The van der Waals surface area contributed by atoms with Gasteiger partial charge in [0.2, 0.25) is 5.91 Å². The fourth-order valence-electron chi connectivity index (χ4n) is 1.47. The Kier molecular flexibility index (Phi) is 4.93. The van der Waals surface area contributed by atoms with Crippen LogP contribution in [0.25, 0.3) is 6.08 Å². The van der Waals surface area contributed by atoms with Gasteiger partial charge >= 0.3 is 0 Å². The van der Waals surface area contributed by atoms with Gasteiger partial charge in [0.05, 0.1) is 14.2 Å². The summed E-state index contributed by atoms with van der Waals surface area (Å²) in [5, 5.41) is 2.37. The highest BCUT2D eigenvalue weighted by Gasteiger charge is 2.08. The van der Waals surface area contributed by atoms with Gasteiger partial charge in [-0.1, -0.05) is 6.07 Å². The lowest BCUT2D eigenvalue weighted by Gasteiger charge is -2.09. The van der Waals surface area contributed by atoms with Crippen molar-refractivity contribution in [3.8, 4) is 11.5 Å². The number of benzene rings is 1. The first-order chi connectivity index (χ1) is 8.97. The number of amides is 2. The van der Waals surface area contributed by atoms with Gasteiger partial charge in [-0.05, 0) is 23.8 Å². The molecule has 102 valence electrons. The zero-order valence-corrected chi connectivity index (χ0v) is 11.0. The number of ether oxygens (including phenoxy) is 2. The molecule has 1 rings (SSSR count). The van der Waals surface area contributed by atoms with Crippen molar-refractivity contribution in [1.82, 2.24) is 5.32 Å². The smallest absolute Gasteiger partial charge is 0.265 e. The molecule has 0 bridgehead atoms. The van der Waals surface area contributed by atoms with Crippen LogP contribution >= 0.6 is 0 Å². The predicted molar refractivity (Wildman–Crippen MR) is 70.5 cm³/mol. The van der Waals surface area contributed by atoms with Gasteiger partial charge in [0.1, 0.15) is 5.70 Å². The Hall–Kier alpha value is -2.50. The highest BCUT2D eigenvalue weighted by Crippen LogP contribution is 2.28. The minimum absolute atomic E-state index is 0.0136. The van der Waals surface area contributed by atoms with E-state index >= 15 is 0 Å². The van der Waals surface area contributed by atoms with Crippen LogP contribution in [0.2, 0.25) is 0 Å². The summed E-state index contributed by atoms with van der Waals surface area (Å²) in [4.78, 5) is 22.2. The van der Waals surface area contributed by atoms with Crippen molar-refractivity contribution in [2.45, 2.75) is 6.92 Å². The molecule has 0 aliphatic carbocycles. The highest BCUT2D eigenvalue weighted by molar-refractivity contribution is 5.99. The van der Waals surface area contributed by atoms with Crippen LogP contribution in [0.15, 0.2) is 23.9 Å². The number of primary amides is 1. The molecule has 6 nitrogen and oxygen atoms in total. The normalized spacial score (nSPS) is 10.8. The Balaban J connectivity index is 3.14. The first-order valence-corrected chi connectivity index (χ1v) is 5.49. The molecule has 1 aromatic rings. The molecular formula is C13H16N2O4. The molecule has 0 atom stereocenters. The van der Waals surface area contributed by atoms with E-state index in [9.17, 15) is 9.59 Å². The molecule has 0 radical (unpaired) electrons. The summed E-state index contributed by atoms with van der Waals surface area (Å²) in [6, 6.07) is 5.08. The molecule has 0 saturated carbocycles. The summed E-state index contributed by atoms with van der Waals surface area (Å²) < 4.78 is 10.2. The van der Waals surface area contributed by atoms with Crippen molar-refractivity contribution in [1.29, 1.82) is 0 Å². The maximum Gasteiger partial charge on any atom is 0.265 e. The molecule has 2 amide bonds. The van der Waals surface area contributed by atoms with E-state index in [-0.39, 0.29) is 11.6 Å². The molecule has 6 heteroatoms. The predicted octanol–water partition coefficient (Wildman–Crippen LogP) is 0.666. The average molecular weight is 264 g/mol. The van der Waals surface area contributed by atoms with Gasteiger partial charge in [0.25, 0.3) is 5.91 Å². The third-order valence-electron chi connectivity index (χ3n) is 2.29. The lowest BCUT2D eigenvalue weighted by Crippen LogP contribution is -2.29. The van der Waals surface area contributed by atoms with Crippen LogP contribution in [0.4, 0.5) is 0 Å². The first kappa shape index (κ1) is 14.6. The van der Waals surface area contributed by atoms with E-state index in [0.29, 0.717) is 17.1 Å². The van der Waals surface area contributed by atoms with Gasteiger partial charge in [-0.25, -0.2) is 0 Å². The fraction of sp³-hybridized carbons (Fsp3) is 0.231. The van der Waals surface area contributed by atoms with Crippen molar-refractivity contribution >= 4 is 17.9 Å². The zero-order valence-electron chi connectivity index (χ0n) is 11.0. The summed E-state index contributed by atoms with van der Waals surface area (Å²) >= 11 is 0. The largest absolute Gasteiger partial charge is 0.493 e. The lowest BCUT2D eigenvalue weighted by molar-refractivity contribution is -0.121. The standard InChI is InChI=1S/C13H16N2O4/c1-8(16)15-10(13(14)17)6-9-4-5-11(18-2)12(7-9)19-3/h4-7H,1-3H3,(H2,14,17)(H,15,16)/b10-6+. The number of hydrogen-bond donors (Lipinski definition) is 2. The van der Waals surface area contributed by atoms with E-state index in [2.05, 4.69) is 5.32 Å². The first-order valence-electron chi connectivity index (χ1n) is 5.49. The molecule has 0 heterocycles. The van der Waals surface area contributed by atoms with Crippen LogP contribution in [0.1, 0.15) is 12.5 Å². The number of nitrogens with two attached hydrogens (primary N) is 1. The van der Waals surface area contributed by atoms with E-state index < -0.39 is 5.91 Å². The third-order valence-corrected chi connectivity index (χ3v) is 2.29. The van der Waals surface area contributed by atoms with Crippen molar-refractivity contribution in [2.24, 2.45) is 5.73 Å². The topological polar surface area (TPSA) is 90.6 Å². The van der Waals surface area contributed by atoms with Crippen molar-refractivity contribution in [2.75, 3.05) is 14.2 Å². The van der Waals surface area contributed by atoms with Crippen LogP contribution in [-0.4, -0.2) is 26.0 Å². The van der Waals surface area contributed by atoms with E-state index in [1.807, 2.05) is 0 Å². The van der Waals surface area contributed by atoms with Crippen LogP contribution < -0.4 is 20.5 Å². The van der Waals surface area contributed by atoms with Gasteiger partial charge in [-0.15, -0.1) is 0 Å². The summed E-state index contributed by atoms with van der Waals surface area (Å²) in [5.41, 5.74) is 5.85. The Morgan fingerprint density at radius 3 is 2.32 bits per heavy atom. The second kappa shape index (κ2) is 6.44. The second-order valence-corrected chi connectivity index (χ2v) is 3.72. The molecule has 1 aromatic carbocycles. The van der Waals surface area contributed by atoms with Crippen LogP contribution in [0.5, 0.6) is 11.5 Å². The molecular weight excluding hydrogens is 248 g/mol. The highest BCUT2D eigenvalue weighted by atomic mass is 16.5. The molecule has 0 aliphatic rings. The number of carbonyl (C=O) groups excluding carboxylic acids is 2. The Morgan fingerprint density at radius 2 is 1.84 bits per heavy atom. The molecule has 0 unspecified atom stereocenters. The van der Waals surface area contributed by atoms with Crippen LogP contribution in [0.3, 0.4) is 0 Å². The van der Waals surface area contributed by atoms with E-state index in [0.717, 1.165) is 0 Å². The van der Waals surface area contributed by atoms with Crippen molar-refractivity contribution < 1.29 is 19.1 Å². The SMILES string of the molecule is COc1ccc(/C=C(/NC(C)=O)C(N)=O)cc1OC. The van der Waals surface area contributed by atoms with Gasteiger partial charge in [-0.2, -0.15) is 0 Å². The van der Waals surface area contributed by atoms with Gasteiger partial charge in [-0.3, -0.25) is 9.59 Å². The van der Waals surface area contributed by atoms with Crippen LogP contribution in [-0.2, 0) is 9.59 Å². The van der Waals surface area contributed by atoms with E-state index in [4.69, 9.17) is 15.2 Å². The summed E-state index contributed by atoms with van der Waals surface area (Å²) in [7, 11) is 3.04. The molecule has 0 spiro atoms. The van der Waals surface area contributed by atoms with Crippen molar-refractivity contribution in [3.63, 3.8) is 0 Å². The molecule has 0 saturated heterocycles. The Bertz CT molecular complexity index is 523. The Morgan fingerprint density at radius 1 is 1.21 bits per heavy atom. The van der Waals surface area contributed by atoms with Crippen molar-refractivity contribution in [3.05, 3.63) is 29.5 Å². The van der Waals surface area contributed by atoms with Gasteiger partial charge < -0.3 is 20.5 Å². The van der Waals surface area contributed by atoms with Gasteiger partial charge in [0, 0.05) is 6.92 Å². The maximum atomic E-state index is 11.2. The molecule has 0 aromatic heterocycles. The number of nitrogens with one attached hydrogen (secondary N) is 1. The van der Waals surface area contributed by atoms with Gasteiger partial charge in [0.15, 0.2) is 11.5 Å². The number of methoxy groups -OCH3 is 2. The van der Waals surface area contributed by atoms with E-state index in [1.165, 1.54) is 27.2 Å².